The van der Waals surface area contributed by atoms with Crippen LogP contribution in [0, 0.1) is 0 Å². The van der Waals surface area contributed by atoms with Crippen LogP contribution in [-0.4, -0.2) is 33.9 Å². The number of hydrogen-bond acceptors (Lipinski definition) is 4. The van der Waals surface area contributed by atoms with Gasteiger partial charge in [0.25, 0.3) is 0 Å². The highest BCUT2D eigenvalue weighted by Crippen LogP contribution is 2.45. The van der Waals surface area contributed by atoms with E-state index in [4.69, 9.17) is 0 Å². The molecule has 5 nitrogen and oxygen atoms in total. The average Bonchev–Trinajstić information content (AvgIpc) is 2.67. The maximum Gasteiger partial charge on any atom is 0.327 e. The Morgan fingerprint density at radius 1 is 1.27 bits per heavy atom. The van der Waals surface area contributed by atoms with Gasteiger partial charge < -0.3 is 5.11 Å². The zero-order chi connectivity index (χ0) is 16.5. The third-order valence-electron chi connectivity index (χ3n) is 3.92. The van der Waals surface area contributed by atoms with E-state index in [9.17, 15) is 19.5 Å². The standard InChI is InChI=1S/C16H19NO4S/c1-10(18)22-9-8-13(19)17-12-7-5-4-6-11(12)16(2,3)14(17)15(20)21/h4-7,14H,8-9H2,1-3H3,(H,20,21). The number of carboxylic acids is 1. The first kappa shape index (κ1) is 16.5. The topological polar surface area (TPSA) is 74.7 Å². The number of carboxylic acid groups (broad SMARTS) is 1. The van der Waals surface area contributed by atoms with E-state index in [-0.39, 0.29) is 17.4 Å². The van der Waals surface area contributed by atoms with Gasteiger partial charge in [0.1, 0.15) is 6.04 Å². The molecule has 1 unspecified atom stereocenters. The third-order valence-corrected chi connectivity index (χ3v) is 4.74. The molecule has 1 N–H and O–H groups in total. The van der Waals surface area contributed by atoms with E-state index >= 15 is 0 Å². The summed E-state index contributed by atoms with van der Waals surface area (Å²) in [6, 6.07) is 6.35. The number of para-hydroxylation sites is 1. The first-order valence-electron chi connectivity index (χ1n) is 7.04. The second-order valence-corrected chi connectivity index (χ2v) is 7.11. The summed E-state index contributed by atoms with van der Waals surface area (Å²) >= 11 is 1.08. The van der Waals surface area contributed by atoms with E-state index in [2.05, 4.69) is 0 Å². The normalized spacial score (nSPS) is 18.9. The van der Waals surface area contributed by atoms with Crippen molar-refractivity contribution >= 4 is 34.4 Å². The molecule has 0 aromatic heterocycles. The summed E-state index contributed by atoms with van der Waals surface area (Å²) in [6.07, 6.45) is 0.137. The van der Waals surface area contributed by atoms with Crippen molar-refractivity contribution in [1.29, 1.82) is 0 Å². The second-order valence-electron chi connectivity index (χ2n) is 5.83. The highest BCUT2D eigenvalue weighted by Gasteiger charge is 2.50. The molecule has 0 saturated carbocycles. The van der Waals surface area contributed by atoms with Gasteiger partial charge in [-0.3, -0.25) is 14.5 Å². The molecule has 1 aliphatic heterocycles. The van der Waals surface area contributed by atoms with Crippen LogP contribution in [0.5, 0.6) is 0 Å². The Balaban J connectivity index is 2.33. The summed E-state index contributed by atoms with van der Waals surface area (Å²) in [5, 5.41) is 9.55. The lowest BCUT2D eigenvalue weighted by molar-refractivity contribution is -0.141. The largest absolute Gasteiger partial charge is 0.480 e. The van der Waals surface area contributed by atoms with E-state index < -0.39 is 17.4 Å². The molecule has 22 heavy (non-hydrogen) atoms. The van der Waals surface area contributed by atoms with Crippen molar-refractivity contribution in [1.82, 2.24) is 0 Å². The first-order chi connectivity index (χ1) is 10.3. The van der Waals surface area contributed by atoms with Crippen LogP contribution in [0.1, 0.15) is 32.8 Å². The molecule has 1 atom stereocenters. The van der Waals surface area contributed by atoms with Crippen LogP contribution in [0.25, 0.3) is 0 Å². The summed E-state index contributed by atoms with van der Waals surface area (Å²) in [4.78, 5) is 36.6. The van der Waals surface area contributed by atoms with E-state index in [1.165, 1.54) is 11.8 Å². The highest BCUT2D eigenvalue weighted by molar-refractivity contribution is 8.13. The molecule has 118 valence electrons. The lowest BCUT2D eigenvalue weighted by Gasteiger charge is -2.29. The SMILES string of the molecule is CC(=O)SCCC(=O)N1c2ccccc2C(C)(C)C1C(=O)O. The Kier molecular flexibility index (Phi) is 4.60. The first-order valence-corrected chi connectivity index (χ1v) is 8.03. The van der Waals surface area contributed by atoms with Crippen molar-refractivity contribution in [2.45, 2.75) is 38.6 Å². The van der Waals surface area contributed by atoms with Gasteiger partial charge in [-0.05, 0) is 11.6 Å². The van der Waals surface area contributed by atoms with Crippen LogP contribution < -0.4 is 4.90 Å². The Hall–Kier alpha value is -1.82. The molecule has 0 saturated heterocycles. The molecule has 0 aliphatic carbocycles. The maximum atomic E-state index is 12.5. The van der Waals surface area contributed by atoms with E-state index in [0.717, 1.165) is 17.3 Å². The number of nitrogens with zero attached hydrogens (tertiary/aromatic N) is 1. The fourth-order valence-electron chi connectivity index (χ4n) is 2.94. The minimum Gasteiger partial charge on any atom is -0.480 e. The molecule has 0 bridgehead atoms. The van der Waals surface area contributed by atoms with Gasteiger partial charge >= 0.3 is 5.97 Å². The molecule has 0 fully saturated rings. The molecule has 0 radical (unpaired) electrons. The number of carbonyl (C=O) groups excluding carboxylic acids is 2. The Labute approximate surface area is 133 Å². The monoisotopic (exact) mass is 321 g/mol. The van der Waals surface area contributed by atoms with Crippen molar-refractivity contribution < 1.29 is 19.5 Å². The highest BCUT2D eigenvalue weighted by atomic mass is 32.2. The van der Waals surface area contributed by atoms with Gasteiger partial charge in [-0.1, -0.05) is 43.8 Å². The fraction of sp³-hybridized carbons (Fsp3) is 0.438. The summed E-state index contributed by atoms with van der Waals surface area (Å²) in [6.45, 7) is 5.12. The lowest BCUT2D eigenvalue weighted by Crippen LogP contribution is -2.50. The number of rotatable bonds is 4. The molecular weight excluding hydrogens is 302 g/mol. The number of aliphatic carboxylic acids is 1. The summed E-state index contributed by atoms with van der Waals surface area (Å²) in [5.74, 6) is -0.924. The third kappa shape index (κ3) is 2.88. The molecule has 2 rings (SSSR count). The van der Waals surface area contributed by atoms with Gasteiger partial charge in [0.05, 0.1) is 0 Å². The zero-order valence-electron chi connectivity index (χ0n) is 12.8. The average molecular weight is 321 g/mol. The summed E-state index contributed by atoms with van der Waals surface area (Å²) in [7, 11) is 0. The molecule has 0 spiro atoms. The Morgan fingerprint density at radius 3 is 2.50 bits per heavy atom. The second kappa shape index (κ2) is 6.12. The molecule has 1 aliphatic rings. The number of anilines is 1. The molecule has 6 heteroatoms. The van der Waals surface area contributed by atoms with E-state index in [0.29, 0.717) is 11.4 Å². The van der Waals surface area contributed by atoms with E-state index in [1.807, 2.05) is 26.0 Å². The van der Waals surface area contributed by atoms with Gasteiger partial charge in [-0.15, -0.1) is 0 Å². The minimum absolute atomic E-state index is 0.0512. The molecule has 1 aromatic rings. The smallest absolute Gasteiger partial charge is 0.327 e. The Morgan fingerprint density at radius 2 is 1.91 bits per heavy atom. The van der Waals surface area contributed by atoms with Crippen LogP contribution >= 0.6 is 11.8 Å². The van der Waals surface area contributed by atoms with Crippen molar-refractivity contribution in [2.24, 2.45) is 0 Å². The predicted octanol–water partition coefficient (Wildman–Crippen LogP) is 2.43. The number of hydrogen-bond donors (Lipinski definition) is 1. The molecular formula is C16H19NO4S. The van der Waals surface area contributed by atoms with Crippen LogP contribution in [-0.2, 0) is 19.8 Å². The number of thioether (sulfide) groups is 1. The predicted molar refractivity (Wildman–Crippen MR) is 86.1 cm³/mol. The van der Waals surface area contributed by atoms with Gasteiger partial charge in [-0.25, -0.2) is 4.79 Å². The summed E-state index contributed by atoms with van der Waals surface area (Å²) < 4.78 is 0. The van der Waals surface area contributed by atoms with Gasteiger partial charge in [0.2, 0.25) is 5.91 Å². The van der Waals surface area contributed by atoms with Crippen molar-refractivity contribution in [3.8, 4) is 0 Å². The quantitative estimate of drug-likeness (QED) is 0.922. The number of benzene rings is 1. The van der Waals surface area contributed by atoms with Crippen LogP contribution in [0.2, 0.25) is 0 Å². The van der Waals surface area contributed by atoms with Crippen LogP contribution in [0.4, 0.5) is 5.69 Å². The fourth-order valence-corrected chi connectivity index (χ4v) is 3.50. The zero-order valence-corrected chi connectivity index (χ0v) is 13.6. The van der Waals surface area contributed by atoms with E-state index in [1.54, 1.807) is 12.1 Å². The maximum absolute atomic E-state index is 12.5. The van der Waals surface area contributed by atoms with Crippen molar-refractivity contribution in [3.63, 3.8) is 0 Å². The molecule has 1 heterocycles. The summed E-state index contributed by atoms with van der Waals surface area (Å²) in [5.41, 5.74) is 0.846. The minimum atomic E-state index is -1.02. The van der Waals surface area contributed by atoms with Gasteiger partial charge in [0.15, 0.2) is 5.12 Å². The lowest BCUT2D eigenvalue weighted by atomic mass is 9.80. The number of amides is 1. The number of carbonyl (C=O) groups is 3. The van der Waals surface area contributed by atoms with Crippen molar-refractivity contribution in [2.75, 3.05) is 10.7 Å². The van der Waals surface area contributed by atoms with Gasteiger partial charge in [-0.2, -0.15) is 0 Å². The molecule has 1 aromatic carbocycles. The Bertz CT molecular complexity index is 626. The van der Waals surface area contributed by atoms with Gasteiger partial charge in [0, 0.05) is 30.2 Å². The number of fused-ring (bicyclic) bond motifs is 1. The molecule has 1 amide bonds. The van der Waals surface area contributed by atoms with Crippen LogP contribution in [0.3, 0.4) is 0 Å². The van der Waals surface area contributed by atoms with Crippen LogP contribution in [0.15, 0.2) is 24.3 Å². The van der Waals surface area contributed by atoms with Crippen molar-refractivity contribution in [3.05, 3.63) is 29.8 Å².